The second kappa shape index (κ2) is 5.48. The zero-order valence-electron chi connectivity index (χ0n) is 11.3. The van der Waals surface area contributed by atoms with E-state index in [2.05, 4.69) is 42.6 Å². The number of thiophene rings is 1. The predicted molar refractivity (Wildman–Crippen MR) is 80.8 cm³/mol. The van der Waals surface area contributed by atoms with Gasteiger partial charge < -0.3 is 5.11 Å². The van der Waals surface area contributed by atoms with Crippen LogP contribution in [0, 0.1) is 0 Å². The molecule has 0 amide bonds. The standard InChI is InChI=1S/C17H20OS/c1-2-12-5-3-6-13(11-12)17(18)15-7-4-8-16-14(15)9-10-19-16/h3,5-6,9-11,15,17-18H,2,4,7-8H2,1H3. The van der Waals surface area contributed by atoms with Crippen LogP contribution in [0.2, 0.25) is 0 Å². The van der Waals surface area contributed by atoms with Gasteiger partial charge in [0, 0.05) is 10.8 Å². The summed E-state index contributed by atoms with van der Waals surface area (Å²) in [6.07, 6.45) is 4.14. The average Bonchev–Trinajstić information content (AvgIpc) is 2.95. The number of aryl methyl sites for hydroxylation is 2. The summed E-state index contributed by atoms with van der Waals surface area (Å²) in [6.45, 7) is 2.16. The lowest BCUT2D eigenvalue weighted by Crippen LogP contribution is -2.15. The first-order valence-corrected chi connectivity index (χ1v) is 8.00. The smallest absolute Gasteiger partial charge is 0.0859 e. The minimum atomic E-state index is -0.361. The van der Waals surface area contributed by atoms with E-state index >= 15 is 0 Å². The fourth-order valence-electron chi connectivity index (χ4n) is 3.08. The fraction of sp³-hybridized carbons (Fsp3) is 0.412. The van der Waals surface area contributed by atoms with Gasteiger partial charge in [0.25, 0.3) is 0 Å². The van der Waals surface area contributed by atoms with Crippen LogP contribution in [0.5, 0.6) is 0 Å². The van der Waals surface area contributed by atoms with Crippen LogP contribution in [-0.4, -0.2) is 5.11 Å². The molecule has 0 aliphatic heterocycles. The molecule has 1 aliphatic carbocycles. The highest BCUT2D eigenvalue weighted by atomic mass is 32.1. The third kappa shape index (κ3) is 2.47. The highest BCUT2D eigenvalue weighted by Gasteiger charge is 2.28. The van der Waals surface area contributed by atoms with Crippen molar-refractivity contribution < 1.29 is 5.11 Å². The van der Waals surface area contributed by atoms with Gasteiger partial charge in [-0.1, -0.05) is 31.2 Å². The zero-order valence-corrected chi connectivity index (χ0v) is 12.1. The van der Waals surface area contributed by atoms with E-state index in [-0.39, 0.29) is 12.0 Å². The molecule has 0 spiro atoms. The molecule has 0 saturated heterocycles. The summed E-state index contributed by atoms with van der Waals surface area (Å²) in [7, 11) is 0. The van der Waals surface area contributed by atoms with Gasteiger partial charge in [0.15, 0.2) is 0 Å². The summed E-state index contributed by atoms with van der Waals surface area (Å²) >= 11 is 1.84. The molecule has 2 unspecified atom stereocenters. The molecule has 2 atom stereocenters. The molecule has 1 nitrogen and oxygen atoms in total. The maximum atomic E-state index is 10.7. The van der Waals surface area contributed by atoms with Gasteiger partial charge >= 0.3 is 0 Å². The molecular formula is C17H20OS. The lowest BCUT2D eigenvalue weighted by Gasteiger charge is -2.27. The molecule has 1 aromatic heterocycles. The number of aliphatic hydroxyl groups excluding tert-OH is 1. The molecule has 2 aromatic rings. The Morgan fingerprint density at radius 3 is 3.11 bits per heavy atom. The van der Waals surface area contributed by atoms with Crippen LogP contribution in [0.4, 0.5) is 0 Å². The minimum absolute atomic E-state index is 0.280. The van der Waals surface area contributed by atoms with Gasteiger partial charge in [0.05, 0.1) is 6.10 Å². The first-order chi connectivity index (χ1) is 9.29. The molecule has 0 saturated carbocycles. The lowest BCUT2D eigenvalue weighted by atomic mass is 9.81. The van der Waals surface area contributed by atoms with Gasteiger partial charge in [-0.15, -0.1) is 11.3 Å². The highest BCUT2D eigenvalue weighted by molar-refractivity contribution is 7.10. The highest BCUT2D eigenvalue weighted by Crippen LogP contribution is 2.42. The van der Waals surface area contributed by atoms with Crippen molar-refractivity contribution >= 4 is 11.3 Å². The van der Waals surface area contributed by atoms with Crippen molar-refractivity contribution in [1.29, 1.82) is 0 Å². The molecule has 100 valence electrons. The molecule has 1 N–H and O–H groups in total. The molecule has 2 heteroatoms. The van der Waals surface area contributed by atoms with Crippen molar-refractivity contribution in [1.82, 2.24) is 0 Å². The van der Waals surface area contributed by atoms with Gasteiger partial charge in [0.2, 0.25) is 0 Å². The monoisotopic (exact) mass is 272 g/mol. The van der Waals surface area contributed by atoms with E-state index in [0.29, 0.717) is 0 Å². The molecule has 1 aromatic carbocycles. The molecule has 3 rings (SSSR count). The zero-order chi connectivity index (χ0) is 13.2. The molecule has 19 heavy (non-hydrogen) atoms. The first kappa shape index (κ1) is 12.9. The van der Waals surface area contributed by atoms with E-state index in [1.165, 1.54) is 28.8 Å². The Hall–Kier alpha value is -1.12. The van der Waals surface area contributed by atoms with Crippen molar-refractivity contribution in [3.8, 4) is 0 Å². The largest absolute Gasteiger partial charge is 0.388 e. The van der Waals surface area contributed by atoms with Gasteiger partial charge in [-0.2, -0.15) is 0 Å². The quantitative estimate of drug-likeness (QED) is 0.874. The third-order valence-electron chi connectivity index (χ3n) is 4.18. The Morgan fingerprint density at radius 1 is 1.37 bits per heavy atom. The first-order valence-electron chi connectivity index (χ1n) is 7.12. The Morgan fingerprint density at radius 2 is 2.26 bits per heavy atom. The van der Waals surface area contributed by atoms with Gasteiger partial charge in [-0.25, -0.2) is 0 Å². The molecule has 0 fully saturated rings. The van der Waals surface area contributed by atoms with Crippen molar-refractivity contribution in [3.05, 3.63) is 57.3 Å². The number of hydrogen-bond donors (Lipinski definition) is 1. The Balaban J connectivity index is 1.90. The second-order valence-electron chi connectivity index (χ2n) is 5.34. The molecule has 0 radical (unpaired) electrons. The van der Waals surface area contributed by atoms with E-state index in [1.54, 1.807) is 0 Å². The number of hydrogen-bond acceptors (Lipinski definition) is 2. The number of fused-ring (bicyclic) bond motifs is 1. The number of aliphatic hydroxyl groups is 1. The molecular weight excluding hydrogens is 252 g/mol. The summed E-state index contributed by atoms with van der Waals surface area (Å²) in [5.41, 5.74) is 3.76. The molecule has 1 heterocycles. The van der Waals surface area contributed by atoms with Crippen LogP contribution in [0.15, 0.2) is 35.7 Å². The maximum Gasteiger partial charge on any atom is 0.0859 e. The van der Waals surface area contributed by atoms with Crippen LogP contribution in [0.3, 0.4) is 0 Å². The van der Waals surface area contributed by atoms with Crippen LogP contribution in [0.1, 0.15) is 53.4 Å². The van der Waals surface area contributed by atoms with E-state index in [9.17, 15) is 5.11 Å². The van der Waals surface area contributed by atoms with Crippen molar-refractivity contribution in [2.45, 2.75) is 44.6 Å². The van der Waals surface area contributed by atoms with Gasteiger partial charge in [-0.3, -0.25) is 0 Å². The van der Waals surface area contributed by atoms with E-state index in [4.69, 9.17) is 0 Å². The SMILES string of the molecule is CCc1cccc(C(O)C2CCCc3sccc32)c1. The predicted octanol–water partition coefficient (Wildman–Crippen LogP) is 4.46. The molecule has 1 aliphatic rings. The lowest BCUT2D eigenvalue weighted by molar-refractivity contribution is 0.136. The number of benzene rings is 1. The minimum Gasteiger partial charge on any atom is -0.388 e. The fourth-order valence-corrected chi connectivity index (χ4v) is 4.08. The summed E-state index contributed by atoms with van der Waals surface area (Å²) < 4.78 is 0. The summed E-state index contributed by atoms with van der Waals surface area (Å²) in [6, 6.07) is 10.6. The Bertz CT molecular complexity index is 558. The van der Waals surface area contributed by atoms with Crippen LogP contribution < -0.4 is 0 Å². The topological polar surface area (TPSA) is 20.2 Å². The van der Waals surface area contributed by atoms with Crippen LogP contribution in [0.25, 0.3) is 0 Å². The van der Waals surface area contributed by atoms with E-state index in [0.717, 1.165) is 18.4 Å². The van der Waals surface area contributed by atoms with Gasteiger partial charge in [0.1, 0.15) is 0 Å². The number of rotatable bonds is 3. The summed E-state index contributed by atoms with van der Waals surface area (Å²) in [4.78, 5) is 1.47. The Labute approximate surface area is 118 Å². The van der Waals surface area contributed by atoms with Crippen molar-refractivity contribution in [3.63, 3.8) is 0 Å². The normalized spacial score (nSPS) is 20.0. The summed E-state index contributed by atoms with van der Waals surface area (Å²) in [5.74, 6) is 0.280. The van der Waals surface area contributed by atoms with Crippen molar-refractivity contribution in [2.24, 2.45) is 0 Å². The summed E-state index contributed by atoms with van der Waals surface area (Å²) in [5, 5.41) is 12.9. The van der Waals surface area contributed by atoms with Gasteiger partial charge in [-0.05, 0) is 53.8 Å². The maximum absolute atomic E-state index is 10.7. The van der Waals surface area contributed by atoms with E-state index < -0.39 is 0 Å². The van der Waals surface area contributed by atoms with Crippen molar-refractivity contribution in [2.75, 3.05) is 0 Å². The second-order valence-corrected chi connectivity index (χ2v) is 6.34. The van der Waals surface area contributed by atoms with Crippen LogP contribution >= 0.6 is 11.3 Å². The Kier molecular flexibility index (Phi) is 3.72. The molecule has 0 bridgehead atoms. The van der Waals surface area contributed by atoms with E-state index in [1.807, 2.05) is 11.3 Å². The van der Waals surface area contributed by atoms with Crippen LogP contribution in [-0.2, 0) is 12.8 Å². The third-order valence-corrected chi connectivity index (χ3v) is 5.18. The average molecular weight is 272 g/mol.